The minimum atomic E-state index is -4.58. The summed E-state index contributed by atoms with van der Waals surface area (Å²) in [5.41, 5.74) is 5.26. The first-order valence-corrected chi connectivity index (χ1v) is 8.27. The van der Waals surface area contributed by atoms with Crippen LogP contribution in [0.5, 0.6) is 5.75 Å². The number of halogens is 3. The van der Waals surface area contributed by atoms with E-state index in [1.165, 1.54) is 23.8 Å². The molecule has 0 radical (unpaired) electrons. The van der Waals surface area contributed by atoms with E-state index in [4.69, 9.17) is 10.5 Å². The highest BCUT2D eigenvalue weighted by Crippen LogP contribution is 2.42. The Balaban J connectivity index is 1.92. The number of anilines is 3. The highest BCUT2D eigenvalue weighted by Gasteiger charge is 2.38. The van der Waals surface area contributed by atoms with Gasteiger partial charge in [-0.15, -0.1) is 11.3 Å². The number of nitrogens with zero attached hydrogens (tertiary/aromatic N) is 2. The number of thiazole rings is 2. The van der Waals surface area contributed by atoms with Crippen molar-refractivity contribution in [2.24, 2.45) is 0 Å². The molecule has 1 aromatic carbocycles. The molecule has 3 aromatic rings. The molecular formula is C14H11F3N4OS2. The number of rotatable bonds is 4. The number of aromatic nitrogens is 2. The highest BCUT2D eigenvalue weighted by molar-refractivity contribution is 7.19. The van der Waals surface area contributed by atoms with Gasteiger partial charge >= 0.3 is 6.18 Å². The van der Waals surface area contributed by atoms with Crippen LogP contribution in [0.3, 0.4) is 0 Å². The molecular weight excluding hydrogens is 361 g/mol. The van der Waals surface area contributed by atoms with Crippen LogP contribution in [0, 0.1) is 0 Å². The van der Waals surface area contributed by atoms with Crippen LogP contribution in [0.4, 0.5) is 29.1 Å². The molecule has 0 aliphatic carbocycles. The van der Waals surface area contributed by atoms with Gasteiger partial charge in [-0.3, -0.25) is 0 Å². The zero-order valence-corrected chi connectivity index (χ0v) is 13.9. The SMILES string of the molecule is COc1ccccc1Nc1nc(-c2sc(N)nc2C(F)(F)F)cs1. The van der Waals surface area contributed by atoms with Gasteiger partial charge in [-0.05, 0) is 12.1 Å². The van der Waals surface area contributed by atoms with E-state index in [1.54, 1.807) is 12.1 Å². The van der Waals surface area contributed by atoms with Gasteiger partial charge in [0.05, 0.1) is 23.4 Å². The van der Waals surface area contributed by atoms with E-state index in [0.29, 0.717) is 16.6 Å². The minimum absolute atomic E-state index is 0.0932. The molecule has 0 aliphatic rings. The van der Waals surface area contributed by atoms with Crippen molar-refractivity contribution in [1.82, 2.24) is 9.97 Å². The third-order valence-electron chi connectivity index (χ3n) is 3.00. The summed E-state index contributed by atoms with van der Waals surface area (Å²) in [5.74, 6) is 0.604. The largest absolute Gasteiger partial charge is 0.495 e. The summed E-state index contributed by atoms with van der Waals surface area (Å²) in [6, 6.07) is 7.17. The fourth-order valence-corrected chi connectivity index (χ4v) is 3.60. The lowest BCUT2D eigenvalue weighted by Gasteiger charge is -2.08. The van der Waals surface area contributed by atoms with Crippen LogP contribution in [0.15, 0.2) is 29.6 Å². The zero-order valence-electron chi connectivity index (χ0n) is 12.2. The number of methoxy groups -OCH3 is 1. The second-order valence-corrected chi connectivity index (χ2v) is 6.48. The fourth-order valence-electron chi connectivity index (χ4n) is 2.00. The Kier molecular flexibility index (Phi) is 4.33. The summed E-state index contributed by atoms with van der Waals surface area (Å²) in [5, 5.41) is 4.85. The van der Waals surface area contributed by atoms with Gasteiger partial charge in [0, 0.05) is 5.38 Å². The first kappa shape index (κ1) is 16.5. The van der Waals surface area contributed by atoms with Gasteiger partial charge in [0.1, 0.15) is 5.75 Å². The van der Waals surface area contributed by atoms with Crippen molar-refractivity contribution >= 4 is 38.6 Å². The van der Waals surface area contributed by atoms with E-state index in [-0.39, 0.29) is 15.7 Å². The second kappa shape index (κ2) is 6.29. The molecule has 0 spiro atoms. The molecule has 126 valence electrons. The van der Waals surface area contributed by atoms with Crippen LogP contribution in [-0.2, 0) is 6.18 Å². The van der Waals surface area contributed by atoms with E-state index in [2.05, 4.69) is 15.3 Å². The number of ether oxygens (including phenoxy) is 1. The van der Waals surface area contributed by atoms with Crippen LogP contribution in [0.1, 0.15) is 5.69 Å². The molecule has 0 atom stereocenters. The predicted octanol–water partition coefficient (Wildman–Crippen LogP) is 4.62. The molecule has 24 heavy (non-hydrogen) atoms. The Bertz CT molecular complexity index is 860. The van der Waals surface area contributed by atoms with Gasteiger partial charge in [0.15, 0.2) is 16.0 Å². The summed E-state index contributed by atoms with van der Waals surface area (Å²) in [4.78, 5) is 7.49. The van der Waals surface area contributed by atoms with Crippen molar-refractivity contribution in [3.63, 3.8) is 0 Å². The molecule has 0 fully saturated rings. The third kappa shape index (κ3) is 3.29. The molecule has 2 aromatic heterocycles. The minimum Gasteiger partial charge on any atom is -0.495 e. The standard InChI is InChI=1S/C14H11F3N4OS2/c1-22-9-5-3-2-4-7(9)19-13-20-8(6-23-13)10-11(14(15,16)17)21-12(18)24-10/h2-6H,1H3,(H2,18,21)(H,19,20). The molecule has 2 heterocycles. The predicted molar refractivity (Wildman–Crippen MR) is 88.9 cm³/mol. The lowest BCUT2D eigenvalue weighted by Crippen LogP contribution is -2.07. The Hall–Kier alpha value is -2.33. The summed E-state index contributed by atoms with van der Waals surface area (Å²) < 4.78 is 44.3. The molecule has 0 saturated heterocycles. The quantitative estimate of drug-likeness (QED) is 0.699. The summed E-state index contributed by atoms with van der Waals surface area (Å²) >= 11 is 1.94. The van der Waals surface area contributed by atoms with Crippen molar-refractivity contribution in [2.45, 2.75) is 6.18 Å². The van der Waals surface area contributed by atoms with Crippen LogP contribution in [0.2, 0.25) is 0 Å². The van der Waals surface area contributed by atoms with Gasteiger partial charge in [0.2, 0.25) is 0 Å². The lowest BCUT2D eigenvalue weighted by molar-refractivity contribution is -0.140. The van der Waals surface area contributed by atoms with Crippen molar-refractivity contribution in [1.29, 1.82) is 0 Å². The van der Waals surface area contributed by atoms with Crippen molar-refractivity contribution in [3.05, 3.63) is 35.3 Å². The Morgan fingerprint density at radius 1 is 1.21 bits per heavy atom. The molecule has 0 unspecified atom stereocenters. The van der Waals surface area contributed by atoms with Gasteiger partial charge in [0.25, 0.3) is 0 Å². The van der Waals surface area contributed by atoms with Gasteiger partial charge < -0.3 is 15.8 Å². The fraction of sp³-hybridized carbons (Fsp3) is 0.143. The maximum absolute atomic E-state index is 13.0. The first-order valence-electron chi connectivity index (χ1n) is 6.58. The van der Waals surface area contributed by atoms with Gasteiger partial charge in [-0.2, -0.15) is 13.2 Å². The van der Waals surface area contributed by atoms with Crippen LogP contribution in [-0.4, -0.2) is 17.1 Å². The molecule has 0 saturated carbocycles. The lowest BCUT2D eigenvalue weighted by atomic mass is 10.3. The molecule has 0 aliphatic heterocycles. The number of nitrogens with two attached hydrogens (primary N) is 1. The molecule has 5 nitrogen and oxygen atoms in total. The molecule has 3 rings (SSSR count). The number of benzene rings is 1. The molecule has 0 bridgehead atoms. The van der Waals surface area contributed by atoms with Crippen molar-refractivity contribution < 1.29 is 17.9 Å². The third-order valence-corrected chi connectivity index (χ3v) is 4.66. The normalized spacial score (nSPS) is 11.5. The van der Waals surface area contributed by atoms with Crippen LogP contribution >= 0.6 is 22.7 Å². The van der Waals surface area contributed by atoms with E-state index < -0.39 is 11.9 Å². The number of alkyl halides is 3. The number of hydrogen-bond donors (Lipinski definition) is 2. The Morgan fingerprint density at radius 2 is 1.96 bits per heavy atom. The number of para-hydroxylation sites is 2. The van der Waals surface area contributed by atoms with E-state index in [1.807, 2.05) is 12.1 Å². The van der Waals surface area contributed by atoms with Gasteiger partial charge in [-0.1, -0.05) is 23.5 Å². The average Bonchev–Trinajstić information content (AvgIpc) is 3.14. The average molecular weight is 372 g/mol. The topological polar surface area (TPSA) is 73.1 Å². The van der Waals surface area contributed by atoms with E-state index in [0.717, 1.165) is 11.3 Å². The molecule has 0 amide bonds. The summed E-state index contributed by atoms with van der Waals surface area (Å²) in [7, 11) is 1.53. The van der Waals surface area contributed by atoms with Crippen LogP contribution < -0.4 is 15.8 Å². The monoisotopic (exact) mass is 372 g/mol. The number of nitrogen functional groups attached to an aromatic ring is 1. The van der Waals surface area contributed by atoms with Crippen molar-refractivity contribution in [3.8, 4) is 16.3 Å². The van der Waals surface area contributed by atoms with Crippen molar-refractivity contribution in [2.75, 3.05) is 18.2 Å². The highest BCUT2D eigenvalue weighted by atomic mass is 32.1. The smallest absolute Gasteiger partial charge is 0.434 e. The Labute approximate surface area is 142 Å². The van der Waals surface area contributed by atoms with E-state index in [9.17, 15) is 13.2 Å². The molecule has 3 N–H and O–H groups in total. The summed E-state index contributed by atoms with van der Waals surface area (Å²) in [6.07, 6.45) is -4.58. The molecule has 10 heteroatoms. The zero-order chi connectivity index (χ0) is 17.3. The van der Waals surface area contributed by atoms with Gasteiger partial charge in [-0.25, -0.2) is 9.97 Å². The van der Waals surface area contributed by atoms with E-state index >= 15 is 0 Å². The Morgan fingerprint density at radius 3 is 2.67 bits per heavy atom. The maximum atomic E-state index is 13.0. The first-order chi connectivity index (χ1) is 11.4. The summed E-state index contributed by atoms with van der Waals surface area (Å²) in [6.45, 7) is 0. The second-order valence-electron chi connectivity index (χ2n) is 4.59. The number of hydrogen-bond acceptors (Lipinski definition) is 7. The number of nitrogens with one attached hydrogen (secondary N) is 1. The van der Waals surface area contributed by atoms with Crippen LogP contribution in [0.25, 0.3) is 10.6 Å². The maximum Gasteiger partial charge on any atom is 0.434 e.